The number of benzene rings is 3. The third kappa shape index (κ3) is 6.94. The van der Waals surface area contributed by atoms with Gasteiger partial charge in [-0.25, -0.2) is 4.98 Å². The number of amides is 1. The second-order valence-corrected chi connectivity index (χ2v) is 9.66. The van der Waals surface area contributed by atoms with E-state index >= 15 is 0 Å². The molecule has 1 unspecified atom stereocenters. The van der Waals surface area contributed by atoms with Crippen LogP contribution >= 0.6 is 0 Å². The van der Waals surface area contributed by atoms with Gasteiger partial charge in [0.25, 0.3) is 5.91 Å². The normalized spacial score (nSPS) is 11.9. The van der Waals surface area contributed by atoms with Crippen molar-refractivity contribution in [3.8, 4) is 11.5 Å². The molecule has 0 aliphatic heterocycles. The van der Waals surface area contributed by atoms with Gasteiger partial charge in [0.15, 0.2) is 0 Å². The van der Waals surface area contributed by atoms with E-state index in [1.54, 1.807) is 19.2 Å². The van der Waals surface area contributed by atoms with E-state index in [1.807, 2.05) is 18.2 Å². The van der Waals surface area contributed by atoms with E-state index < -0.39 is 0 Å². The Balaban J connectivity index is 1.27. The highest BCUT2D eigenvalue weighted by Crippen LogP contribution is 2.22. The summed E-state index contributed by atoms with van der Waals surface area (Å²) < 4.78 is 13.7. The van der Waals surface area contributed by atoms with Gasteiger partial charge in [0, 0.05) is 13.0 Å². The van der Waals surface area contributed by atoms with Crippen LogP contribution in [-0.2, 0) is 13.0 Å². The molecule has 0 saturated heterocycles. The number of hydrogen-bond acceptors (Lipinski definition) is 4. The second kappa shape index (κ2) is 13.7. The molecule has 0 saturated carbocycles. The van der Waals surface area contributed by atoms with Gasteiger partial charge in [0.2, 0.25) is 0 Å². The summed E-state index contributed by atoms with van der Waals surface area (Å²) >= 11 is 0. The number of imidazole rings is 1. The fourth-order valence-corrected chi connectivity index (χ4v) is 4.66. The van der Waals surface area contributed by atoms with E-state index in [0.29, 0.717) is 30.4 Å². The molecular weight excluding hydrogens is 474 g/mol. The molecule has 1 aromatic heterocycles. The van der Waals surface area contributed by atoms with Crippen LogP contribution in [0.5, 0.6) is 11.5 Å². The van der Waals surface area contributed by atoms with E-state index in [2.05, 4.69) is 66.2 Å². The van der Waals surface area contributed by atoms with Crippen molar-refractivity contribution in [3.63, 3.8) is 0 Å². The summed E-state index contributed by atoms with van der Waals surface area (Å²) in [4.78, 5) is 17.4. The number of carbonyl (C=O) groups excluding carboxylic acids is 1. The van der Waals surface area contributed by atoms with Crippen LogP contribution in [0.2, 0.25) is 0 Å². The zero-order chi connectivity index (χ0) is 26.7. The first-order valence-electron chi connectivity index (χ1n) is 13.7. The second-order valence-electron chi connectivity index (χ2n) is 9.66. The van der Waals surface area contributed by atoms with Crippen molar-refractivity contribution < 1.29 is 14.3 Å². The predicted octanol–water partition coefficient (Wildman–Crippen LogP) is 6.78. The van der Waals surface area contributed by atoms with E-state index in [1.165, 1.54) is 5.56 Å². The number of hydrogen-bond donors (Lipinski definition) is 1. The number of aromatic nitrogens is 2. The molecule has 1 heterocycles. The van der Waals surface area contributed by atoms with Crippen LogP contribution in [0.25, 0.3) is 11.0 Å². The number of rotatable bonds is 14. The van der Waals surface area contributed by atoms with Crippen LogP contribution < -0.4 is 14.8 Å². The molecule has 0 spiro atoms. The van der Waals surface area contributed by atoms with Crippen molar-refractivity contribution in [1.29, 1.82) is 0 Å². The number of methoxy groups -OCH3 is 1. The zero-order valence-electron chi connectivity index (χ0n) is 22.8. The van der Waals surface area contributed by atoms with Crippen molar-refractivity contribution in [3.05, 3.63) is 89.7 Å². The van der Waals surface area contributed by atoms with Gasteiger partial charge in [0.05, 0.1) is 30.3 Å². The Labute approximate surface area is 226 Å². The Hall–Kier alpha value is -3.80. The molecule has 38 heavy (non-hydrogen) atoms. The lowest BCUT2D eigenvalue weighted by atomic mass is 9.99. The third-order valence-electron chi connectivity index (χ3n) is 7.09. The molecule has 1 amide bonds. The minimum absolute atomic E-state index is 0.0984. The monoisotopic (exact) mass is 513 g/mol. The topological polar surface area (TPSA) is 65.4 Å². The summed E-state index contributed by atoms with van der Waals surface area (Å²) in [6.45, 7) is 6.43. The van der Waals surface area contributed by atoms with E-state index in [-0.39, 0.29) is 5.91 Å². The van der Waals surface area contributed by atoms with E-state index in [0.717, 1.165) is 61.3 Å². The van der Waals surface area contributed by atoms with Gasteiger partial charge in [-0.2, -0.15) is 0 Å². The molecular formula is C32H39N3O3. The highest BCUT2D eigenvalue weighted by atomic mass is 16.5. The Bertz CT molecular complexity index is 1310. The number of para-hydroxylation sites is 3. The largest absolute Gasteiger partial charge is 0.496 e. The first-order valence-corrected chi connectivity index (χ1v) is 13.7. The molecule has 6 nitrogen and oxygen atoms in total. The molecule has 1 atom stereocenters. The number of aryl methyl sites for hydroxylation is 1. The minimum Gasteiger partial charge on any atom is -0.496 e. The number of nitrogens with zero attached hydrogens (tertiary/aromatic N) is 2. The molecule has 4 aromatic rings. The summed E-state index contributed by atoms with van der Waals surface area (Å²) in [6.07, 6.45) is 4.95. The van der Waals surface area contributed by atoms with Crippen molar-refractivity contribution in [1.82, 2.24) is 14.9 Å². The summed E-state index contributed by atoms with van der Waals surface area (Å²) in [5, 5.41) is 3.01. The number of nitrogens with one attached hydrogen (secondary N) is 1. The van der Waals surface area contributed by atoms with Crippen LogP contribution in [0.4, 0.5) is 0 Å². The Morgan fingerprint density at radius 3 is 2.53 bits per heavy atom. The van der Waals surface area contributed by atoms with Gasteiger partial charge in [-0.1, -0.05) is 56.7 Å². The predicted molar refractivity (Wildman–Crippen MR) is 153 cm³/mol. The third-order valence-corrected chi connectivity index (χ3v) is 7.09. The lowest BCUT2D eigenvalue weighted by Crippen LogP contribution is -2.24. The van der Waals surface area contributed by atoms with Crippen molar-refractivity contribution in [2.45, 2.75) is 58.4 Å². The quantitative estimate of drug-likeness (QED) is 0.189. The van der Waals surface area contributed by atoms with Crippen LogP contribution in [0, 0.1) is 0 Å². The van der Waals surface area contributed by atoms with Crippen LogP contribution in [0.3, 0.4) is 0 Å². The molecule has 6 heteroatoms. The van der Waals surface area contributed by atoms with Crippen molar-refractivity contribution in [2.24, 2.45) is 0 Å². The number of fused-ring (bicyclic) bond motifs is 1. The summed E-state index contributed by atoms with van der Waals surface area (Å²) in [6, 6.07) is 24.0. The van der Waals surface area contributed by atoms with Gasteiger partial charge >= 0.3 is 0 Å². The first-order chi connectivity index (χ1) is 18.6. The van der Waals surface area contributed by atoms with E-state index in [9.17, 15) is 4.79 Å². The average Bonchev–Trinajstić information content (AvgIpc) is 3.31. The lowest BCUT2D eigenvalue weighted by Gasteiger charge is -2.13. The molecule has 0 aliphatic carbocycles. The van der Waals surface area contributed by atoms with Crippen LogP contribution in [0.1, 0.15) is 67.2 Å². The molecule has 0 bridgehead atoms. The van der Waals surface area contributed by atoms with Crippen LogP contribution in [0.15, 0.2) is 72.8 Å². The van der Waals surface area contributed by atoms with Crippen molar-refractivity contribution in [2.75, 3.05) is 20.3 Å². The molecule has 200 valence electrons. The SMILES string of the molecule is CCC(C)c1ccc(OCCn2c(CCCCCNC(=O)c3ccccc3OC)nc3ccccc32)cc1. The lowest BCUT2D eigenvalue weighted by molar-refractivity contribution is 0.0950. The highest BCUT2D eigenvalue weighted by Gasteiger charge is 2.12. The van der Waals surface area contributed by atoms with Gasteiger partial charge in [0.1, 0.15) is 23.9 Å². The van der Waals surface area contributed by atoms with Crippen LogP contribution in [-0.4, -0.2) is 35.7 Å². The van der Waals surface area contributed by atoms with Gasteiger partial charge in [-0.15, -0.1) is 0 Å². The maximum atomic E-state index is 12.5. The Morgan fingerprint density at radius 2 is 1.74 bits per heavy atom. The number of unbranched alkanes of at least 4 members (excludes halogenated alkanes) is 2. The van der Waals surface area contributed by atoms with Crippen molar-refractivity contribution >= 4 is 16.9 Å². The fourth-order valence-electron chi connectivity index (χ4n) is 4.66. The maximum Gasteiger partial charge on any atom is 0.255 e. The smallest absolute Gasteiger partial charge is 0.255 e. The Kier molecular flexibility index (Phi) is 9.79. The molecule has 0 aliphatic rings. The summed E-state index contributed by atoms with van der Waals surface area (Å²) in [5.41, 5.74) is 4.08. The Morgan fingerprint density at radius 1 is 0.974 bits per heavy atom. The molecule has 3 aromatic carbocycles. The molecule has 0 radical (unpaired) electrons. The summed E-state index contributed by atoms with van der Waals surface area (Å²) in [5.74, 6) is 3.04. The van der Waals surface area contributed by atoms with Gasteiger partial charge in [-0.3, -0.25) is 4.79 Å². The highest BCUT2D eigenvalue weighted by molar-refractivity contribution is 5.96. The maximum absolute atomic E-state index is 12.5. The number of carbonyl (C=O) groups is 1. The molecule has 0 fully saturated rings. The minimum atomic E-state index is -0.0984. The van der Waals surface area contributed by atoms with E-state index in [4.69, 9.17) is 14.5 Å². The summed E-state index contributed by atoms with van der Waals surface area (Å²) in [7, 11) is 1.58. The standard InChI is InChI=1S/C32H39N3O3/c1-4-24(2)25-17-19-26(20-18-25)38-23-22-35-29-14-9-8-13-28(29)34-31(35)16-6-5-11-21-33-32(36)27-12-7-10-15-30(27)37-3/h7-10,12-15,17-20,24H,4-6,11,16,21-23H2,1-3H3,(H,33,36). The fraction of sp³-hybridized carbons (Fsp3) is 0.375. The van der Waals surface area contributed by atoms with Gasteiger partial charge in [-0.05, 0) is 67.1 Å². The first kappa shape index (κ1) is 27.2. The molecule has 1 N–H and O–H groups in total. The zero-order valence-corrected chi connectivity index (χ0v) is 22.8. The van der Waals surface area contributed by atoms with Gasteiger partial charge < -0.3 is 19.4 Å². The molecule has 4 rings (SSSR count). The number of ether oxygens (including phenoxy) is 2. The average molecular weight is 514 g/mol.